The molecule has 1 aromatic carbocycles. The standard InChI is InChI=1S/C14H18N2O2/c1-3-18-11-10-16(14(17)8-9-15)13-7-5-4-6-12(13)2/h4-7H,3,8,10-11H2,1-2H3. The lowest BCUT2D eigenvalue weighted by molar-refractivity contribution is -0.117. The summed E-state index contributed by atoms with van der Waals surface area (Å²) in [6.45, 7) is 5.42. The molecular formula is C14H18N2O2. The van der Waals surface area contributed by atoms with E-state index in [2.05, 4.69) is 0 Å². The van der Waals surface area contributed by atoms with Crippen molar-refractivity contribution in [1.29, 1.82) is 5.26 Å². The summed E-state index contributed by atoms with van der Waals surface area (Å²) in [4.78, 5) is 13.6. The SMILES string of the molecule is CCOCCN(C(=O)CC#N)c1ccccc1C. The molecule has 0 saturated carbocycles. The maximum atomic E-state index is 11.9. The van der Waals surface area contributed by atoms with Crippen molar-refractivity contribution in [3.8, 4) is 6.07 Å². The Hall–Kier alpha value is -1.86. The Balaban J connectivity index is 2.87. The lowest BCUT2D eigenvalue weighted by Crippen LogP contribution is -2.34. The highest BCUT2D eigenvalue weighted by atomic mass is 16.5. The highest BCUT2D eigenvalue weighted by Gasteiger charge is 2.16. The van der Waals surface area contributed by atoms with Crippen LogP contribution in [0.2, 0.25) is 0 Å². The zero-order valence-corrected chi connectivity index (χ0v) is 10.8. The Labute approximate surface area is 108 Å². The van der Waals surface area contributed by atoms with E-state index in [1.807, 2.05) is 44.2 Å². The van der Waals surface area contributed by atoms with Gasteiger partial charge in [0.2, 0.25) is 5.91 Å². The van der Waals surface area contributed by atoms with E-state index < -0.39 is 0 Å². The van der Waals surface area contributed by atoms with Crippen molar-refractivity contribution >= 4 is 11.6 Å². The fourth-order valence-electron chi connectivity index (χ4n) is 1.71. The highest BCUT2D eigenvalue weighted by molar-refractivity contribution is 5.95. The molecule has 0 aliphatic carbocycles. The third-order valence-electron chi connectivity index (χ3n) is 2.60. The van der Waals surface area contributed by atoms with Gasteiger partial charge in [-0.05, 0) is 25.5 Å². The smallest absolute Gasteiger partial charge is 0.241 e. The van der Waals surface area contributed by atoms with Gasteiger partial charge in [-0.3, -0.25) is 4.79 Å². The molecule has 0 fully saturated rings. The summed E-state index contributed by atoms with van der Waals surface area (Å²) in [6.07, 6.45) is -0.111. The zero-order valence-electron chi connectivity index (χ0n) is 10.8. The van der Waals surface area contributed by atoms with E-state index in [1.54, 1.807) is 4.90 Å². The second kappa shape index (κ2) is 7.46. The largest absolute Gasteiger partial charge is 0.380 e. The van der Waals surface area contributed by atoms with Crippen LogP contribution >= 0.6 is 0 Å². The number of anilines is 1. The Morgan fingerprint density at radius 1 is 1.44 bits per heavy atom. The second-order valence-corrected chi connectivity index (χ2v) is 3.86. The predicted octanol–water partition coefficient (Wildman–Crippen LogP) is 2.28. The normalized spacial score (nSPS) is 9.83. The number of nitrogens with zero attached hydrogens (tertiary/aromatic N) is 2. The van der Waals surface area contributed by atoms with Gasteiger partial charge < -0.3 is 9.64 Å². The summed E-state index contributed by atoms with van der Waals surface area (Å²) in [5.74, 6) is -0.188. The third-order valence-corrected chi connectivity index (χ3v) is 2.60. The van der Waals surface area contributed by atoms with Gasteiger partial charge in [-0.25, -0.2) is 0 Å². The Morgan fingerprint density at radius 3 is 2.78 bits per heavy atom. The summed E-state index contributed by atoms with van der Waals surface area (Å²) < 4.78 is 5.28. The molecular weight excluding hydrogens is 228 g/mol. The van der Waals surface area contributed by atoms with Crippen LogP contribution in [0.3, 0.4) is 0 Å². The molecule has 96 valence electrons. The number of ether oxygens (including phenoxy) is 1. The maximum absolute atomic E-state index is 11.9. The number of nitriles is 1. The maximum Gasteiger partial charge on any atom is 0.241 e. The van der Waals surface area contributed by atoms with Crippen LogP contribution in [0.25, 0.3) is 0 Å². The van der Waals surface area contributed by atoms with Crippen molar-refractivity contribution in [3.63, 3.8) is 0 Å². The minimum atomic E-state index is -0.188. The summed E-state index contributed by atoms with van der Waals surface area (Å²) in [5.41, 5.74) is 1.86. The number of carbonyl (C=O) groups is 1. The van der Waals surface area contributed by atoms with E-state index in [0.717, 1.165) is 11.3 Å². The first-order chi connectivity index (χ1) is 8.70. The molecule has 0 aliphatic rings. The molecule has 1 amide bonds. The average Bonchev–Trinajstić information content (AvgIpc) is 2.36. The molecule has 18 heavy (non-hydrogen) atoms. The summed E-state index contributed by atoms with van der Waals surface area (Å²) in [7, 11) is 0. The van der Waals surface area contributed by atoms with Gasteiger partial charge in [-0.1, -0.05) is 18.2 Å². The van der Waals surface area contributed by atoms with Crippen molar-refractivity contribution < 1.29 is 9.53 Å². The molecule has 0 spiro atoms. The van der Waals surface area contributed by atoms with Crippen LogP contribution in [-0.4, -0.2) is 25.7 Å². The number of amides is 1. The fourth-order valence-corrected chi connectivity index (χ4v) is 1.71. The quantitative estimate of drug-likeness (QED) is 0.723. The molecule has 0 bridgehead atoms. The number of rotatable bonds is 6. The minimum Gasteiger partial charge on any atom is -0.380 e. The number of para-hydroxylation sites is 1. The first-order valence-corrected chi connectivity index (χ1v) is 6.01. The molecule has 0 aliphatic heterocycles. The van der Waals surface area contributed by atoms with E-state index in [4.69, 9.17) is 10.00 Å². The van der Waals surface area contributed by atoms with Crippen molar-refractivity contribution in [2.24, 2.45) is 0 Å². The van der Waals surface area contributed by atoms with Crippen LogP contribution in [0.15, 0.2) is 24.3 Å². The Kier molecular flexibility index (Phi) is 5.89. The van der Waals surface area contributed by atoms with Gasteiger partial charge >= 0.3 is 0 Å². The van der Waals surface area contributed by atoms with Crippen molar-refractivity contribution in [1.82, 2.24) is 0 Å². The number of aryl methyl sites for hydroxylation is 1. The van der Waals surface area contributed by atoms with E-state index in [-0.39, 0.29) is 12.3 Å². The summed E-state index contributed by atoms with van der Waals surface area (Å²) in [5, 5.41) is 8.64. The van der Waals surface area contributed by atoms with Crippen molar-refractivity contribution in [2.75, 3.05) is 24.7 Å². The zero-order chi connectivity index (χ0) is 13.4. The first-order valence-electron chi connectivity index (χ1n) is 6.01. The van der Waals surface area contributed by atoms with E-state index in [0.29, 0.717) is 19.8 Å². The molecule has 0 N–H and O–H groups in total. The van der Waals surface area contributed by atoms with Crippen LogP contribution in [0, 0.1) is 18.3 Å². The number of hydrogen-bond acceptors (Lipinski definition) is 3. The fraction of sp³-hybridized carbons (Fsp3) is 0.429. The first kappa shape index (κ1) is 14.2. The molecule has 0 radical (unpaired) electrons. The Morgan fingerprint density at radius 2 is 2.17 bits per heavy atom. The summed E-state index contributed by atoms with van der Waals surface area (Å²) >= 11 is 0. The average molecular weight is 246 g/mol. The predicted molar refractivity (Wildman–Crippen MR) is 70.3 cm³/mol. The van der Waals surface area contributed by atoms with Gasteiger partial charge in [0.15, 0.2) is 0 Å². The topological polar surface area (TPSA) is 53.3 Å². The molecule has 1 aromatic rings. The van der Waals surface area contributed by atoms with Gasteiger partial charge in [0, 0.05) is 18.8 Å². The van der Waals surface area contributed by atoms with Crippen LogP contribution < -0.4 is 4.90 Å². The number of carbonyl (C=O) groups excluding carboxylic acids is 1. The molecule has 4 nitrogen and oxygen atoms in total. The number of benzene rings is 1. The van der Waals surface area contributed by atoms with Crippen LogP contribution in [0.4, 0.5) is 5.69 Å². The van der Waals surface area contributed by atoms with Crippen LogP contribution in [0.1, 0.15) is 18.9 Å². The van der Waals surface area contributed by atoms with Gasteiger partial charge in [-0.2, -0.15) is 5.26 Å². The lowest BCUT2D eigenvalue weighted by atomic mass is 10.1. The van der Waals surface area contributed by atoms with Crippen molar-refractivity contribution in [3.05, 3.63) is 29.8 Å². The highest BCUT2D eigenvalue weighted by Crippen LogP contribution is 2.19. The molecule has 0 heterocycles. The van der Waals surface area contributed by atoms with Crippen molar-refractivity contribution in [2.45, 2.75) is 20.3 Å². The third kappa shape index (κ3) is 3.86. The van der Waals surface area contributed by atoms with Gasteiger partial charge in [0.25, 0.3) is 0 Å². The van der Waals surface area contributed by atoms with E-state index in [9.17, 15) is 4.79 Å². The minimum absolute atomic E-state index is 0.111. The molecule has 1 rings (SSSR count). The lowest BCUT2D eigenvalue weighted by Gasteiger charge is -2.23. The molecule has 0 saturated heterocycles. The molecule has 0 unspecified atom stereocenters. The van der Waals surface area contributed by atoms with Crippen LogP contribution in [0.5, 0.6) is 0 Å². The Bertz CT molecular complexity index is 438. The van der Waals surface area contributed by atoms with Crippen LogP contribution in [-0.2, 0) is 9.53 Å². The number of hydrogen-bond donors (Lipinski definition) is 0. The van der Waals surface area contributed by atoms with Gasteiger partial charge in [0.05, 0.1) is 12.7 Å². The van der Waals surface area contributed by atoms with E-state index in [1.165, 1.54) is 0 Å². The molecule has 4 heteroatoms. The molecule has 0 atom stereocenters. The van der Waals surface area contributed by atoms with Gasteiger partial charge in [-0.15, -0.1) is 0 Å². The monoisotopic (exact) mass is 246 g/mol. The second-order valence-electron chi connectivity index (χ2n) is 3.86. The molecule has 0 aromatic heterocycles. The van der Waals surface area contributed by atoms with Gasteiger partial charge in [0.1, 0.15) is 6.42 Å². The summed E-state index contributed by atoms with van der Waals surface area (Å²) in [6, 6.07) is 9.54. The van der Waals surface area contributed by atoms with E-state index >= 15 is 0 Å².